The summed E-state index contributed by atoms with van der Waals surface area (Å²) in [6.07, 6.45) is 2.27. The van der Waals surface area contributed by atoms with E-state index < -0.39 is 0 Å². The summed E-state index contributed by atoms with van der Waals surface area (Å²) in [4.78, 5) is 30.5. The fraction of sp³-hybridized carbons (Fsp3) is 0.421. The largest absolute Gasteiger partial charge is 0.350 e. The Hall–Kier alpha value is -1.92. The molecule has 7 heteroatoms. The number of rotatable bonds is 5. The van der Waals surface area contributed by atoms with E-state index in [4.69, 9.17) is 11.6 Å². The summed E-state index contributed by atoms with van der Waals surface area (Å²) in [5, 5.41) is 6.45. The van der Waals surface area contributed by atoms with Gasteiger partial charge in [-0.3, -0.25) is 9.59 Å². The molecule has 1 fully saturated rings. The highest BCUT2D eigenvalue weighted by Gasteiger charge is 2.27. The zero-order chi connectivity index (χ0) is 18.5. The Morgan fingerprint density at radius 1 is 1.31 bits per heavy atom. The maximum atomic E-state index is 12.6. The zero-order valence-corrected chi connectivity index (χ0v) is 16.3. The highest BCUT2D eigenvalue weighted by atomic mass is 35.5. The monoisotopic (exact) mass is 391 g/mol. The van der Waals surface area contributed by atoms with E-state index in [2.05, 4.69) is 10.3 Å². The van der Waals surface area contributed by atoms with Gasteiger partial charge in [-0.25, -0.2) is 4.98 Å². The molecule has 2 amide bonds. The number of hydrogen-bond acceptors (Lipinski definition) is 4. The van der Waals surface area contributed by atoms with Crippen LogP contribution in [0.2, 0.25) is 5.02 Å². The minimum Gasteiger partial charge on any atom is -0.350 e. The topological polar surface area (TPSA) is 62.3 Å². The number of halogens is 1. The summed E-state index contributed by atoms with van der Waals surface area (Å²) in [6.45, 7) is 3.72. The summed E-state index contributed by atoms with van der Waals surface area (Å²) in [6, 6.07) is 7.18. The summed E-state index contributed by atoms with van der Waals surface area (Å²) in [7, 11) is 0. The standard InChI is InChI=1S/C19H22ClN3O2S/c1-2-17(24)21-11-14-12-26-18(22-14)13-7-9-23(10-8-13)19(25)15-5-3-4-6-16(15)20/h3-6,12-13H,2,7-11H2,1H3,(H,21,24). The van der Waals surface area contributed by atoms with E-state index in [1.807, 2.05) is 29.3 Å². The van der Waals surface area contributed by atoms with Crippen LogP contribution in [0.3, 0.4) is 0 Å². The third-order valence-electron chi connectivity index (χ3n) is 4.59. The number of thiazole rings is 1. The lowest BCUT2D eigenvalue weighted by Gasteiger charge is -2.31. The van der Waals surface area contributed by atoms with Crippen molar-refractivity contribution >= 4 is 34.8 Å². The van der Waals surface area contributed by atoms with E-state index in [9.17, 15) is 9.59 Å². The summed E-state index contributed by atoms with van der Waals surface area (Å²) in [5.41, 5.74) is 1.47. The molecular formula is C19H22ClN3O2S. The Bertz CT molecular complexity index is 785. The molecule has 3 rings (SSSR count). The lowest BCUT2D eigenvalue weighted by molar-refractivity contribution is -0.120. The zero-order valence-electron chi connectivity index (χ0n) is 14.7. The van der Waals surface area contributed by atoms with Crippen LogP contribution in [0, 0.1) is 0 Å². The first-order valence-electron chi connectivity index (χ1n) is 8.83. The van der Waals surface area contributed by atoms with Crippen molar-refractivity contribution in [2.24, 2.45) is 0 Å². The molecule has 0 aliphatic carbocycles. The molecule has 1 aliphatic rings. The summed E-state index contributed by atoms with van der Waals surface area (Å²) in [5.74, 6) is 0.396. The van der Waals surface area contributed by atoms with Crippen LogP contribution in [0.1, 0.15) is 53.2 Å². The third kappa shape index (κ3) is 4.43. The molecule has 0 bridgehead atoms. The van der Waals surface area contributed by atoms with E-state index in [-0.39, 0.29) is 11.8 Å². The van der Waals surface area contributed by atoms with Gasteiger partial charge in [0.05, 0.1) is 27.8 Å². The van der Waals surface area contributed by atoms with Crippen LogP contribution in [0.25, 0.3) is 0 Å². The fourth-order valence-electron chi connectivity index (χ4n) is 3.04. The predicted molar refractivity (Wildman–Crippen MR) is 104 cm³/mol. The fourth-order valence-corrected chi connectivity index (χ4v) is 4.25. The van der Waals surface area contributed by atoms with Gasteiger partial charge in [-0.2, -0.15) is 0 Å². The van der Waals surface area contributed by atoms with E-state index in [1.165, 1.54) is 0 Å². The average molecular weight is 392 g/mol. The van der Waals surface area contributed by atoms with Crippen LogP contribution >= 0.6 is 22.9 Å². The number of carbonyl (C=O) groups is 2. The molecule has 0 spiro atoms. The highest BCUT2D eigenvalue weighted by Crippen LogP contribution is 2.31. The summed E-state index contributed by atoms with van der Waals surface area (Å²) < 4.78 is 0. The molecule has 1 aliphatic heterocycles. The molecule has 138 valence electrons. The van der Waals surface area contributed by atoms with Crippen LogP contribution in [0.4, 0.5) is 0 Å². The van der Waals surface area contributed by atoms with E-state index >= 15 is 0 Å². The van der Waals surface area contributed by atoms with E-state index in [1.54, 1.807) is 23.5 Å². The minimum absolute atomic E-state index is 0.00356. The normalized spacial score (nSPS) is 15.1. The van der Waals surface area contributed by atoms with Crippen LogP contribution in [0.15, 0.2) is 29.6 Å². The Kier molecular flexibility index (Phi) is 6.27. The Balaban J connectivity index is 1.55. The molecule has 1 saturated heterocycles. The average Bonchev–Trinajstić information content (AvgIpc) is 3.15. The predicted octanol–water partition coefficient (Wildman–Crippen LogP) is 3.84. The molecule has 1 aromatic carbocycles. The number of piperidine rings is 1. The molecular weight excluding hydrogens is 370 g/mol. The van der Waals surface area contributed by atoms with E-state index in [0.717, 1.165) is 23.5 Å². The number of benzene rings is 1. The number of aromatic nitrogens is 1. The van der Waals surface area contributed by atoms with Crippen molar-refractivity contribution in [3.8, 4) is 0 Å². The van der Waals surface area contributed by atoms with Gasteiger partial charge in [-0.15, -0.1) is 11.3 Å². The Morgan fingerprint density at radius 2 is 2.04 bits per heavy atom. The maximum absolute atomic E-state index is 12.6. The number of hydrogen-bond donors (Lipinski definition) is 1. The van der Waals surface area contributed by atoms with Gasteiger partial charge in [0.2, 0.25) is 5.91 Å². The van der Waals surface area contributed by atoms with Gasteiger partial charge in [0.15, 0.2) is 0 Å². The van der Waals surface area contributed by atoms with Gasteiger partial charge in [0.25, 0.3) is 5.91 Å². The third-order valence-corrected chi connectivity index (χ3v) is 5.98. The van der Waals surface area contributed by atoms with Crippen LogP contribution < -0.4 is 5.32 Å². The van der Waals surface area contributed by atoms with Crippen molar-refractivity contribution in [1.82, 2.24) is 15.2 Å². The molecule has 0 radical (unpaired) electrons. The van der Waals surface area contributed by atoms with Crippen LogP contribution in [-0.2, 0) is 11.3 Å². The molecule has 5 nitrogen and oxygen atoms in total. The maximum Gasteiger partial charge on any atom is 0.255 e. The smallest absolute Gasteiger partial charge is 0.255 e. The molecule has 0 unspecified atom stereocenters. The quantitative estimate of drug-likeness (QED) is 0.842. The van der Waals surface area contributed by atoms with Gasteiger partial charge in [-0.1, -0.05) is 30.7 Å². The molecule has 2 aromatic rings. The molecule has 2 heterocycles. The van der Waals surface area contributed by atoms with Gasteiger partial charge >= 0.3 is 0 Å². The van der Waals surface area contributed by atoms with Crippen molar-refractivity contribution in [2.75, 3.05) is 13.1 Å². The summed E-state index contributed by atoms with van der Waals surface area (Å²) >= 11 is 7.78. The highest BCUT2D eigenvalue weighted by molar-refractivity contribution is 7.09. The molecule has 1 aromatic heterocycles. The van der Waals surface area contributed by atoms with Crippen molar-refractivity contribution in [3.63, 3.8) is 0 Å². The van der Waals surface area contributed by atoms with Crippen molar-refractivity contribution < 1.29 is 9.59 Å². The van der Waals surface area contributed by atoms with Gasteiger partial charge < -0.3 is 10.2 Å². The lowest BCUT2D eigenvalue weighted by atomic mass is 9.97. The second-order valence-electron chi connectivity index (χ2n) is 6.35. The first-order chi connectivity index (χ1) is 12.6. The second-order valence-corrected chi connectivity index (χ2v) is 7.65. The van der Waals surface area contributed by atoms with Crippen molar-refractivity contribution in [2.45, 2.75) is 38.6 Å². The number of amides is 2. The molecule has 26 heavy (non-hydrogen) atoms. The van der Waals surface area contributed by atoms with E-state index in [0.29, 0.717) is 42.6 Å². The van der Waals surface area contributed by atoms with Crippen LogP contribution in [-0.4, -0.2) is 34.8 Å². The molecule has 0 saturated carbocycles. The number of likely N-dealkylation sites (tertiary alicyclic amines) is 1. The Labute approximate surface area is 162 Å². The Morgan fingerprint density at radius 3 is 2.73 bits per heavy atom. The molecule has 0 atom stereocenters. The second kappa shape index (κ2) is 8.64. The first-order valence-corrected chi connectivity index (χ1v) is 10.1. The number of nitrogens with zero attached hydrogens (tertiary/aromatic N) is 2. The first kappa shape index (κ1) is 18.9. The van der Waals surface area contributed by atoms with Gasteiger partial charge in [0, 0.05) is 30.8 Å². The minimum atomic E-state index is -0.00356. The van der Waals surface area contributed by atoms with Crippen molar-refractivity contribution in [1.29, 1.82) is 0 Å². The molecule has 1 N–H and O–H groups in total. The lowest BCUT2D eigenvalue weighted by Crippen LogP contribution is -2.38. The van der Waals surface area contributed by atoms with Gasteiger partial charge in [0.1, 0.15) is 0 Å². The van der Waals surface area contributed by atoms with Gasteiger partial charge in [-0.05, 0) is 25.0 Å². The number of nitrogens with one attached hydrogen (secondary N) is 1. The SMILES string of the molecule is CCC(=O)NCc1csc(C2CCN(C(=O)c3ccccc3Cl)CC2)n1. The van der Waals surface area contributed by atoms with Crippen molar-refractivity contribution in [3.05, 3.63) is 50.9 Å². The van der Waals surface area contributed by atoms with Crippen LogP contribution in [0.5, 0.6) is 0 Å². The number of carbonyl (C=O) groups excluding carboxylic acids is 2.